The highest BCUT2D eigenvalue weighted by molar-refractivity contribution is 5.99. The van der Waals surface area contributed by atoms with Crippen molar-refractivity contribution in [3.05, 3.63) is 58.7 Å². The quantitative estimate of drug-likeness (QED) is 0.911. The van der Waals surface area contributed by atoms with Crippen molar-refractivity contribution in [2.75, 3.05) is 37.7 Å². The highest BCUT2D eigenvalue weighted by Gasteiger charge is 2.25. The standard InChI is InChI=1S/C22H25N3O2/c1-15(17-3-2-16-6-11-27-21(16)12-17)24-7-9-25(10-8-24)19-5-4-18-14-23-22(26)20(18)13-19/h2-5,12-13,15H,6-11,14H2,1H3,(H,23,26)/t15-/m0/s1. The number of piperazine rings is 1. The molecule has 0 radical (unpaired) electrons. The van der Waals surface area contributed by atoms with Crippen molar-refractivity contribution in [3.8, 4) is 5.75 Å². The van der Waals surface area contributed by atoms with E-state index >= 15 is 0 Å². The van der Waals surface area contributed by atoms with Crippen LogP contribution in [0.1, 0.15) is 40.0 Å². The van der Waals surface area contributed by atoms with Gasteiger partial charge in [-0.2, -0.15) is 0 Å². The van der Waals surface area contributed by atoms with Gasteiger partial charge in [-0.3, -0.25) is 9.69 Å². The van der Waals surface area contributed by atoms with E-state index in [9.17, 15) is 4.79 Å². The van der Waals surface area contributed by atoms with Crippen LogP contribution in [0.15, 0.2) is 36.4 Å². The molecule has 1 atom stereocenters. The van der Waals surface area contributed by atoms with Crippen LogP contribution >= 0.6 is 0 Å². The highest BCUT2D eigenvalue weighted by atomic mass is 16.5. The fourth-order valence-corrected chi connectivity index (χ4v) is 4.42. The Morgan fingerprint density at radius 1 is 1.04 bits per heavy atom. The van der Waals surface area contributed by atoms with Crippen LogP contribution in [0.2, 0.25) is 0 Å². The molecule has 0 unspecified atom stereocenters. The number of nitrogens with one attached hydrogen (secondary N) is 1. The van der Waals surface area contributed by atoms with E-state index in [1.165, 1.54) is 11.1 Å². The minimum absolute atomic E-state index is 0.0536. The molecule has 0 aliphatic carbocycles. The van der Waals surface area contributed by atoms with Gasteiger partial charge in [0.2, 0.25) is 0 Å². The largest absolute Gasteiger partial charge is 0.493 e. The van der Waals surface area contributed by atoms with Crippen LogP contribution in [0.5, 0.6) is 5.75 Å². The predicted octanol–water partition coefficient (Wildman–Crippen LogP) is 2.75. The van der Waals surface area contributed by atoms with Gasteiger partial charge in [0.05, 0.1) is 6.61 Å². The van der Waals surface area contributed by atoms with E-state index in [0.29, 0.717) is 12.6 Å². The number of carbonyl (C=O) groups is 1. The van der Waals surface area contributed by atoms with E-state index in [1.54, 1.807) is 0 Å². The summed E-state index contributed by atoms with van der Waals surface area (Å²) in [5, 5.41) is 2.90. The van der Waals surface area contributed by atoms with Crippen LogP contribution in [0.3, 0.4) is 0 Å². The minimum Gasteiger partial charge on any atom is -0.493 e. The molecule has 27 heavy (non-hydrogen) atoms. The first-order valence-corrected chi connectivity index (χ1v) is 9.85. The summed E-state index contributed by atoms with van der Waals surface area (Å²) >= 11 is 0. The lowest BCUT2D eigenvalue weighted by Crippen LogP contribution is -2.47. The fraction of sp³-hybridized carbons (Fsp3) is 0.409. The molecule has 140 valence electrons. The lowest BCUT2D eigenvalue weighted by atomic mass is 10.0. The summed E-state index contributed by atoms with van der Waals surface area (Å²) < 4.78 is 5.74. The van der Waals surface area contributed by atoms with Crippen molar-refractivity contribution in [2.45, 2.75) is 25.9 Å². The normalized spacial score (nSPS) is 20.0. The monoisotopic (exact) mass is 363 g/mol. The summed E-state index contributed by atoms with van der Waals surface area (Å²) in [6.07, 6.45) is 1.03. The Labute approximate surface area is 159 Å². The summed E-state index contributed by atoms with van der Waals surface area (Å²) in [5.41, 5.74) is 5.76. The van der Waals surface area contributed by atoms with E-state index < -0.39 is 0 Å². The van der Waals surface area contributed by atoms with Crippen LogP contribution in [0.4, 0.5) is 5.69 Å². The molecule has 1 saturated heterocycles. The van der Waals surface area contributed by atoms with Gasteiger partial charge in [-0.05, 0) is 41.8 Å². The summed E-state index contributed by atoms with van der Waals surface area (Å²) in [4.78, 5) is 16.9. The maximum atomic E-state index is 11.9. The highest BCUT2D eigenvalue weighted by Crippen LogP contribution is 2.31. The number of carbonyl (C=O) groups excluding carboxylic acids is 1. The lowest BCUT2D eigenvalue weighted by Gasteiger charge is -2.39. The Morgan fingerprint density at radius 3 is 2.70 bits per heavy atom. The van der Waals surface area contributed by atoms with Gasteiger partial charge in [-0.15, -0.1) is 0 Å². The maximum absolute atomic E-state index is 11.9. The number of anilines is 1. The summed E-state index contributed by atoms with van der Waals surface area (Å²) in [6, 6.07) is 13.4. The second-order valence-corrected chi connectivity index (χ2v) is 7.69. The molecular weight excluding hydrogens is 338 g/mol. The van der Waals surface area contributed by atoms with E-state index in [2.05, 4.69) is 58.4 Å². The molecule has 1 fully saturated rings. The molecule has 1 amide bonds. The Hall–Kier alpha value is -2.53. The SMILES string of the molecule is C[C@@H](c1ccc2c(c1)OCC2)N1CCN(c2ccc3c(c2)C(=O)NC3)CC1. The van der Waals surface area contributed by atoms with Crippen molar-refractivity contribution >= 4 is 11.6 Å². The molecule has 1 N–H and O–H groups in total. The van der Waals surface area contributed by atoms with Crippen molar-refractivity contribution in [2.24, 2.45) is 0 Å². The average Bonchev–Trinajstić information content (AvgIpc) is 3.33. The van der Waals surface area contributed by atoms with Crippen molar-refractivity contribution in [1.82, 2.24) is 10.2 Å². The third-order valence-corrected chi connectivity index (χ3v) is 6.21. The zero-order valence-corrected chi connectivity index (χ0v) is 15.7. The van der Waals surface area contributed by atoms with E-state index in [-0.39, 0.29) is 5.91 Å². The number of nitrogens with zero attached hydrogens (tertiary/aromatic N) is 2. The average molecular weight is 363 g/mol. The smallest absolute Gasteiger partial charge is 0.251 e. The van der Waals surface area contributed by atoms with Crippen LogP contribution in [0.25, 0.3) is 0 Å². The fourth-order valence-electron chi connectivity index (χ4n) is 4.42. The van der Waals surface area contributed by atoms with Gasteiger partial charge in [-0.25, -0.2) is 0 Å². The summed E-state index contributed by atoms with van der Waals surface area (Å²) in [7, 11) is 0. The maximum Gasteiger partial charge on any atom is 0.251 e. The molecule has 3 aliphatic heterocycles. The number of benzene rings is 2. The Kier molecular flexibility index (Phi) is 4.05. The number of fused-ring (bicyclic) bond motifs is 2. The van der Waals surface area contributed by atoms with Gasteiger partial charge < -0.3 is 15.0 Å². The molecule has 5 nitrogen and oxygen atoms in total. The first kappa shape index (κ1) is 16.6. The molecule has 0 saturated carbocycles. The molecular formula is C22H25N3O2. The topological polar surface area (TPSA) is 44.8 Å². The number of hydrogen-bond acceptors (Lipinski definition) is 4. The third kappa shape index (κ3) is 2.96. The lowest BCUT2D eigenvalue weighted by molar-refractivity contribution is 0.0965. The Bertz CT molecular complexity index is 887. The Morgan fingerprint density at radius 2 is 1.85 bits per heavy atom. The molecule has 5 heteroatoms. The first-order valence-electron chi connectivity index (χ1n) is 9.85. The first-order chi connectivity index (χ1) is 13.2. The van der Waals surface area contributed by atoms with Gasteiger partial charge in [0.25, 0.3) is 5.91 Å². The van der Waals surface area contributed by atoms with Crippen LogP contribution < -0.4 is 15.0 Å². The van der Waals surface area contributed by atoms with Crippen molar-refractivity contribution in [1.29, 1.82) is 0 Å². The van der Waals surface area contributed by atoms with Crippen LogP contribution in [-0.4, -0.2) is 43.6 Å². The third-order valence-electron chi connectivity index (χ3n) is 6.21. The van der Waals surface area contributed by atoms with Crippen LogP contribution in [0, 0.1) is 0 Å². The second kappa shape index (κ2) is 6.57. The van der Waals surface area contributed by atoms with E-state index in [4.69, 9.17) is 4.74 Å². The van der Waals surface area contributed by atoms with Gasteiger partial charge in [0.15, 0.2) is 0 Å². The van der Waals surface area contributed by atoms with E-state index in [0.717, 1.165) is 61.8 Å². The minimum atomic E-state index is 0.0536. The van der Waals surface area contributed by atoms with Gasteiger partial charge >= 0.3 is 0 Å². The van der Waals surface area contributed by atoms with Gasteiger partial charge in [0, 0.05) is 56.4 Å². The molecule has 0 spiro atoms. The molecule has 2 aromatic rings. The molecule has 0 aromatic heterocycles. The molecule has 3 heterocycles. The predicted molar refractivity (Wildman–Crippen MR) is 105 cm³/mol. The summed E-state index contributed by atoms with van der Waals surface area (Å²) in [5.74, 6) is 1.12. The second-order valence-electron chi connectivity index (χ2n) is 7.69. The molecule has 0 bridgehead atoms. The van der Waals surface area contributed by atoms with Gasteiger partial charge in [0.1, 0.15) is 5.75 Å². The number of rotatable bonds is 3. The van der Waals surface area contributed by atoms with E-state index in [1.807, 2.05) is 0 Å². The zero-order chi connectivity index (χ0) is 18.4. The zero-order valence-electron chi connectivity index (χ0n) is 15.7. The number of hydrogen-bond donors (Lipinski definition) is 1. The van der Waals surface area contributed by atoms with Crippen LogP contribution in [-0.2, 0) is 13.0 Å². The van der Waals surface area contributed by atoms with Crippen molar-refractivity contribution in [3.63, 3.8) is 0 Å². The Balaban J connectivity index is 1.26. The number of ether oxygens (including phenoxy) is 1. The molecule has 5 rings (SSSR count). The summed E-state index contributed by atoms with van der Waals surface area (Å²) in [6.45, 7) is 7.74. The molecule has 2 aromatic carbocycles. The molecule has 3 aliphatic rings. The number of amides is 1. The van der Waals surface area contributed by atoms with Gasteiger partial charge in [-0.1, -0.05) is 18.2 Å². The van der Waals surface area contributed by atoms with Crippen molar-refractivity contribution < 1.29 is 9.53 Å².